The van der Waals surface area contributed by atoms with Gasteiger partial charge < -0.3 is 5.32 Å². The molecule has 18 heavy (non-hydrogen) atoms. The lowest BCUT2D eigenvalue weighted by atomic mass is 10.1. The highest BCUT2D eigenvalue weighted by Gasteiger charge is 2.18. The summed E-state index contributed by atoms with van der Waals surface area (Å²) in [5.41, 5.74) is -0.0967. The van der Waals surface area contributed by atoms with Crippen molar-refractivity contribution in [1.29, 1.82) is 0 Å². The third-order valence-corrected chi connectivity index (χ3v) is 4.26. The second-order valence-electron chi connectivity index (χ2n) is 4.37. The van der Waals surface area contributed by atoms with Crippen molar-refractivity contribution in [2.24, 2.45) is 5.92 Å². The van der Waals surface area contributed by atoms with Gasteiger partial charge in [-0.1, -0.05) is 12.1 Å². The molecule has 98 valence electrons. The third-order valence-electron chi connectivity index (χ3n) is 3.03. The molecule has 1 unspecified atom stereocenters. The fraction of sp³-hybridized carbons (Fsp3) is 0.500. The first-order valence-corrected chi connectivity index (χ1v) is 7.04. The first kappa shape index (κ1) is 13.3. The molecule has 1 aromatic rings. The van der Waals surface area contributed by atoms with E-state index in [2.05, 4.69) is 5.32 Å². The molecule has 0 bridgehead atoms. The molecule has 1 aromatic carbocycles. The Morgan fingerprint density at radius 2 is 2.39 bits per heavy atom. The van der Waals surface area contributed by atoms with Crippen LogP contribution in [0.25, 0.3) is 0 Å². The van der Waals surface area contributed by atoms with Crippen LogP contribution in [0.5, 0.6) is 0 Å². The van der Waals surface area contributed by atoms with Crippen LogP contribution in [0.4, 0.5) is 10.1 Å². The maximum absolute atomic E-state index is 13.7. The van der Waals surface area contributed by atoms with Crippen molar-refractivity contribution >= 4 is 17.4 Å². The smallest absolute Gasteiger partial charge is 0.305 e. The third kappa shape index (κ3) is 3.20. The van der Waals surface area contributed by atoms with Crippen molar-refractivity contribution in [1.82, 2.24) is 5.32 Å². The van der Waals surface area contributed by atoms with Crippen LogP contribution in [0.3, 0.4) is 0 Å². The average Bonchev–Trinajstić information content (AvgIpc) is 2.84. The van der Waals surface area contributed by atoms with Crippen LogP contribution >= 0.6 is 11.8 Å². The molecule has 0 spiro atoms. The average molecular weight is 270 g/mol. The SMILES string of the molecule is O=[N+]([O-])c1cccc(CNCC2CCSC2)c1F. The van der Waals surface area contributed by atoms with E-state index in [1.807, 2.05) is 11.8 Å². The fourth-order valence-corrected chi connectivity index (χ4v) is 3.28. The van der Waals surface area contributed by atoms with Gasteiger partial charge in [0.2, 0.25) is 5.82 Å². The lowest BCUT2D eigenvalue weighted by Gasteiger charge is -2.10. The van der Waals surface area contributed by atoms with Crippen molar-refractivity contribution in [3.05, 3.63) is 39.7 Å². The Balaban J connectivity index is 1.92. The van der Waals surface area contributed by atoms with E-state index >= 15 is 0 Å². The fourth-order valence-electron chi connectivity index (χ4n) is 2.00. The minimum absolute atomic E-state index is 0.342. The molecule has 1 fully saturated rings. The van der Waals surface area contributed by atoms with Gasteiger partial charge >= 0.3 is 5.69 Å². The van der Waals surface area contributed by atoms with Gasteiger partial charge in [-0.15, -0.1) is 0 Å². The van der Waals surface area contributed by atoms with Crippen LogP contribution in [0.15, 0.2) is 18.2 Å². The van der Waals surface area contributed by atoms with E-state index in [9.17, 15) is 14.5 Å². The number of benzene rings is 1. The quantitative estimate of drug-likeness (QED) is 0.660. The van der Waals surface area contributed by atoms with Crippen LogP contribution in [0, 0.1) is 21.8 Å². The van der Waals surface area contributed by atoms with Gasteiger partial charge in [0.05, 0.1) is 4.92 Å². The van der Waals surface area contributed by atoms with Gasteiger partial charge in [0, 0.05) is 18.2 Å². The largest absolute Gasteiger partial charge is 0.312 e. The summed E-state index contributed by atoms with van der Waals surface area (Å²) in [6.07, 6.45) is 1.19. The summed E-state index contributed by atoms with van der Waals surface area (Å²) in [5, 5.41) is 13.8. The first-order valence-electron chi connectivity index (χ1n) is 5.88. The highest BCUT2D eigenvalue weighted by molar-refractivity contribution is 7.99. The molecule has 2 rings (SSSR count). The summed E-state index contributed by atoms with van der Waals surface area (Å²) in [5.74, 6) is 2.25. The minimum Gasteiger partial charge on any atom is -0.312 e. The highest BCUT2D eigenvalue weighted by atomic mass is 32.2. The van der Waals surface area contributed by atoms with E-state index in [1.54, 1.807) is 6.07 Å². The van der Waals surface area contributed by atoms with Crippen molar-refractivity contribution in [3.8, 4) is 0 Å². The zero-order valence-corrected chi connectivity index (χ0v) is 10.7. The van der Waals surface area contributed by atoms with Gasteiger partial charge in [0.25, 0.3) is 0 Å². The van der Waals surface area contributed by atoms with Crippen molar-refractivity contribution in [2.75, 3.05) is 18.1 Å². The Morgan fingerprint density at radius 3 is 3.06 bits per heavy atom. The number of hydrogen-bond donors (Lipinski definition) is 1. The van der Waals surface area contributed by atoms with Gasteiger partial charge in [0.15, 0.2) is 0 Å². The molecule has 1 N–H and O–H groups in total. The lowest BCUT2D eigenvalue weighted by molar-refractivity contribution is -0.387. The van der Waals surface area contributed by atoms with E-state index in [4.69, 9.17) is 0 Å². The molecular weight excluding hydrogens is 255 g/mol. The second-order valence-corrected chi connectivity index (χ2v) is 5.52. The zero-order valence-electron chi connectivity index (χ0n) is 9.89. The molecule has 1 aliphatic rings. The van der Waals surface area contributed by atoms with Gasteiger partial charge in [-0.2, -0.15) is 16.2 Å². The number of nitrogens with one attached hydrogen (secondary N) is 1. The van der Waals surface area contributed by atoms with Gasteiger partial charge in [-0.25, -0.2) is 0 Å². The topological polar surface area (TPSA) is 55.2 Å². The summed E-state index contributed by atoms with van der Waals surface area (Å²) >= 11 is 1.93. The lowest BCUT2D eigenvalue weighted by Crippen LogP contribution is -2.22. The summed E-state index contributed by atoms with van der Waals surface area (Å²) in [4.78, 5) is 9.91. The molecule has 4 nitrogen and oxygen atoms in total. The van der Waals surface area contributed by atoms with E-state index in [-0.39, 0.29) is 0 Å². The second kappa shape index (κ2) is 6.15. The summed E-state index contributed by atoms with van der Waals surface area (Å²) in [6, 6.07) is 4.29. The van der Waals surface area contributed by atoms with E-state index in [1.165, 1.54) is 24.3 Å². The van der Waals surface area contributed by atoms with Gasteiger partial charge in [-0.3, -0.25) is 10.1 Å². The van der Waals surface area contributed by atoms with Crippen molar-refractivity contribution in [2.45, 2.75) is 13.0 Å². The molecule has 1 aliphatic heterocycles. The number of nitrogens with zero attached hydrogens (tertiary/aromatic N) is 1. The standard InChI is InChI=1S/C12H15FN2O2S/c13-12-10(2-1-3-11(12)15(16)17)7-14-6-9-4-5-18-8-9/h1-3,9,14H,4-8H2. The normalized spacial score (nSPS) is 19.1. The molecule has 0 aliphatic carbocycles. The monoisotopic (exact) mass is 270 g/mol. The minimum atomic E-state index is -0.726. The molecule has 1 saturated heterocycles. The van der Waals surface area contributed by atoms with E-state index in [0.29, 0.717) is 18.0 Å². The van der Waals surface area contributed by atoms with E-state index in [0.717, 1.165) is 12.3 Å². The Labute approximate surface area is 109 Å². The number of rotatable bonds is 5. The number of nitro benzene ring substituents is 1. The van der Waals surface area contributed by atoms with Crippen molar-refractivity contribution in [3.63, 3.8) is 0 Å². The Morgan fingerprint density at radius 1 is 1.56 bits per heavy atom. The molecular formula is C12H15FN2O2S. The maximum Gasteiger partial charge on any atom is 0.305 e. The Kier molecular flexibility index (Phi) is 4.54. The van der Waals surface area contributed by atoms with Crippen LogP contribution in [-0.2, 0) is 6.54 Å². The Hall–Kier alpha value is -1.14. The van der Waals surface area contributed by atoms with Gasteiger partial charge in [-0.05, 0) is 30.4 Å². The highest BCUT2D eigenvalue weighted by Crippen LogP contribution is 2.23. The number of hydrogen-bond acceptors (Lipinski definition) is 4. The number of thioether (sulfide) groups is 1. The van der Waals surface area contributed by atoms with E-state index < -0.39 is 16.4 Å². The number of halogens is 1. The first-order chi connectivity index (χ1) is 8.68. The molecule has 1 atom stereocenters. The van der Waals surface area contributed by atoms with Crippen LogP contribution in [-0.4, -0.2) is 23.0 Å². The predicted molar refractivity (Wildman–Crippen MR) is 70.2 cm³/mol. The molecule has 1 heterocycles. The number of nitro groups is 1. The maximum atomic E-state index is 13.7. The van der Waals surface area contributed by atoms with Crippen LogP contribution < -0.4 is 5.32 Å². The predicted octanol–water partition coefficient (Wildman–Crippen LogP) is 2.58. The van der Waals surface area contributed by atoms with Crippen molar-refractivity contribution < 1.29 is 9.31 Å². The summed E-state index contributed by atoms with van der Waals surface area (Å²) < 4.78 is 13.7. The molecule has 0 radical (unpaired) electrons. The molecule has 0 amide bonds. The van der Waals surface area contributed by atoms with Crippen LogP contribution in [0.1, 0.15) is 12.0 Å². The summed E-state index contributed by atoms with van der Waals surface area (Å²) in [7, 11) is 0. The Bertz CT molecular complexity index is 436. The van der Waals surface area contributed by atoms with Crippen LogP contribution in [0.2, 0.25) is 0 Å². The molecule has 0 saturated carbocycles. The van der Waals surface area contributed by atoms with Gasteiger partial charge in [0.1, 0.15) is 0 Å². The zero-order chi connectivity index (χ0) is 13.0. The summed E-state index contributed by atoms with van der Waals surface area (Å²) in [6.45, 7) is 1.18. The molecule has 0 aromatic heterocycles. The molecule has 6 heteroatoms.